The van der Waals surface area contributed by atoms with Crippen LogP contribution in [0.4, 0.5) is 0 Å². The van der Waals surface area contributed by atoms with E-state index in [1.54, 1.807) is 6.92 Å². The highest BCUT2D eigenvalue weighted by molar-refractivity contribution is 5.95. The fraction of sp³-hybridized carbons (Fsp3) is 0.500. The summed E-state index contributed by atoms with van der Waals surface area (Å²) in [5.74, 6) is -1.27. The number of nitrogens with one attached hydrogen (secondary N) is 1. The Hall–Kier alpha value is -1.89. The highest BCUT2D eigenvalue weighted by atomic mass is 16.5. The van der Waals surface area contributed by atoms with Crippen molar-refractivity contribution in [3.05, 3.63) is 17.5 Å². The Balaban J connectivity index is 2.10. The first-order valence-electron chi connectivity index (χ1n) is 5.23. The van der Waals surface area contributed by atoms with E-state index >= 15 is 0 Å². The molecule has 1 aromatic rings. The molecular formula is C10H13N3O4. The summed E-state index contributed by atoms with van der Waals surface area (Å²) >= 11 is 0. The minimum absolute atomic E-state index is 0.0682. The maximum absolute atomic E-state index is 12.1. The van der Waals surface area contributed by atoms with Crippen molar-refractivity contribution in [3.63, 3.8) is 0 Å². The molecule has 1 saturated heterocycles. The van der Waals surface area contributed by atoms with Gasteiger partial charge in [0.05, 0.1) is 24.9 Å². The molecule has 0 bridgehead atoms. The number of aliphatic carboxylic acids is 1. The number of carboxylic acid groups (broad SMARTS) is 1. The normalized spacial score (nSPS) is 20.3. The summed E-state index contributed by atoms with van der Waals surface area (Å²) in [5.41, 5.74) is 1.14. The molecular weight excluding hydrogens is 226 g/mol. The van der Waals surface area contributed by atoms with Gasteiger partial charge in [-0.15, -0.1) is 0 Å². The number of morpholine rings is 1. The number of carbonyl (C=O) groups is 2. The van der Waals surface area contributed by atoms with E-state index in [9.17, 15) is 9.59 Å². The average molecular weight is 239 g/mol. The van der Waals surface area contributed by atoms with Crippen LogP contribution >= 0.6 is 0 Å². The minimum Gasteiger partial charge on any atom is -0.479 e. The van der Waals surface area contributed by atoms with E-state index in [1.807, 2.05) is 0 Å². The lowest BCUT2D eigenvalue weighted by Gasteiger charge is -2.30. The second-order valence-corrected chi connectivity index (χ2v) is 3.86. The molecule has 7 heteroatoms. The molecule has 1 unspecified atom stereocenters. The first-order chi connectivity index (χ1) is 8.09. The number of aromatic amines is 1. The predicted molar refractivity (Wildman–Crippen MR) is 56.6 cm³/mol. The molecule has 7 nitrogen and oxygen atoms in total. The SMILES string of the molecule is Cc1[nH]ncc1C(=O)N1CCOC(C(=O)O)C1. The molecule has 2 N–H and O–H groups in total. The van der Waals surface area contributed by atoms with E-state index in [4.69, 9.17) is 9.84 Å². The fourth-order valence-corrected chi connectivity index (χ4v) is 1.72. The number of hydrogen-bond acceptors (Lipinski definition) is 4. The van der Waals surface area contributed by atoms with E-state index in [-0.39, 0.29) is 19.1 Å². The Bertz CT molecular complexity index is 443. The summed E-state index contributed by atoms with van der Waals surface area (Å²) in [6, 6.07) is 0. The lowest BCUT2D eigenvalue weighted by Crippen LogP contribution is -2.48. The molecule has 0 radical (unpaired) electrons. The third kappa shape index (κ3) is 2.28. The molecule has 2 heterocycles. The molecule has 17 heavy (non-hydrogen) atoms. The molecule has 0 aromatic carbocycles. The number of ether oxygens (including phenoxy) is 1. The van der Waals surface area contributed by atoms with Gasteiger partial charge in [0.1, 0.15) is 0 Å². The van der Waals surface area contributed by atoms with Crippen molar-refractivity contribution >= 4 is 11.9 Å². The van der Waals surface area contributed by atoms with Gasteiger partial charge in [0, 0.05) is 12.2 Å². The maximum atomic E-state index is 12.1. The summed E-state index contributed by atoms with van der Waals surface area (Å²) in [4.78, 5) is 24.3. The van der Waals surface area contributed by atoms with Gasteiger partial charge in [-0.05, 0) is 6.92 Å². The van der Waals surface area contributed by atoms with Gasteiger partial charge in [-0.1, -0.05) is 0 Å². The summed E-state index contributed by atoms with van der Waals surface area (Å²) in [5, 5.41) is 15.3. The first-order valence-corrected chi connectivity index (χ1v) is 5.23. The Morgan fingerprint density at radius 1 is 1.65 bits per heavy atom. The Labute approximate surface area is 97.4 Å². The van der Waals surface area contributed by atoms with Crippen molar-refractivity contribution in [3.8, 4) is 0 Å². The number of aryl methyl sites for hydroxylation is 1. The van der Waals surface area contributed by atoms with Crippen LogP contribution in [0.5, 0.6) is 0 Å². The van der Waals surface area contributed by atoms with Gasteiger partial charge in [0.25, 0.3) is 5.91 Å². The summed E-state index contributed by atoms with van der Waals surface area (Å²) < 4.78 is 5.05. The van der Waals surface area contributed by atoms with Crippen LogP contribution in [0.2, 0.25) is 0 Å². The van der Waals surface area contributed by atoms with Crippen molar-refractivity contribution in [1.29, 1.82) is 0 Å². The fourth-order valence-electron chi connectivity index (χ4n) is 1.72. The molecule has 1 aliphatic rings. The largest absolute Gasteiger partial charge is 0.479 e. The van der Waals surface area contributed by atoms with E-state index in [2.05, 4.69) is 10.2 Å². The van der Waals surface area contributed by atoms with Crippen LogP contribution in [0.3, 0.4) is 0 Å². The van der Waals surface area contributed by atoms with E-state index < -0.39 is 12.1 Å². The number of carboxylic acids is 1. The third-order valence-electron chi connectivity index (χ3n) is 2.69. The zero-order valence-corrected chi connectivity index (χ0v) is 9.34. The molecule has 0 saturated carbocycles. The molecule has 0 aliphatic carbocycles. The number of rotatable bonds is 2. The van der Waals surface area contributed by atoms with Gasteiger partial charge < -0.3 is 14.7 Å². The quantitative estimate of drug-likeness (QED) is 0.735. The maximum Gasteiger partial charge on any atom is 0.334 e. The van der Waals surface area contributed by atoms with E-state index in [0.717, 1.165) is 0 Å². The highest BCUT2D eigenvalue weighted by Crippen LogP contribution is 2.12. The van der Waals surface area contributed by atoms with Crippen molar-refractivity contribution in [2.45, 2.75) is 13.0 Å². The van der Waals surface area contributed by atoms with Crippen molar-refractivity contribution in [2.24, 2.45) is 0 Å². The first kappa shape index (κ1) is 11.6. The highest BCUT2D eigenvalue weighted by Gasteiger charge is 2.30. The monoisotopic (exact) mass is 239 g/mol. The topological polar surface area (TPSA) is 95.5 Å². The third-order valence-corrected chi connectivity index (χ3v) is 2.69. The van der Waals surface area contributed by atoms with Gasteiger partial charge >= 0.3 is 5.97 Å². The van der Waals surface area contributed by atoms with Gasteiger partial charge in [-0.25, -0.2) is 4.79 Å². The average Bonchev–Trinajstić information content (AvgIpc) is 2.74. The zero-order chi connectivity index (χ0) is 12.4. The molecule has 0 spiro atoms. The molecule has 1 fully saturated rings. The van der Waals surface area contributed by atoms with Crippen LogP contribution in [0, 0.1) is 6.92 Å². The van der Waals surface area contributed by atoms with Crippen molar-refractivity contribution in [2.75, 3.05) is 19.7 Å². The van der Waals surface area contributed by atoms with Crippen LogP contribution in [0.25, 0.3) is 0 Å². The molecule has 1 atom stereocenters. The summed E-state index contributed by atoms with van der Waals surface area (Å²) in [7, 11) is 0. The second kappa shape index (κ2) is 4.54. The minimum atomic E-state index is -1.05. The van der Waals surface area contributed by atoms with Gasteiger partial charge in [-0.2, -0.15) is 5.10 Å². The lowest BCUT2D eigenvalue weighted by molar-refractivity contribution is -0.154. The number of aromatic nitrogens is 2. The molecule has 92 valence electrons. The van der Waals surface area contributed by atoms with Crippen molar-refractivity contribution in [1.82, 2.24) is 15.1 Å². The van der Waals surface area contributed by atoms with Crippen LogP contribution < -0.4 is 0 Å². The van der Waals surface area contributed by atoms with Gasteiger partial charge in [0.2, 0.25) is 0 Å². The Morgan fingerprint density at radius 2 is 2.41 bits per heavy atom. The van der Waals surface area contributed by atoms with E-state index in [0.29, 0.717) is 17.8 Å². The second-order valence-electron chi connectivity index (χ2n) is 3.86. The van der Waals surface area contributed by atoms with Gasteiger partial charge in [0.15, 0.2) is 6.10 Å². The van der Waals surface area contributed by atoms with Crippen LogP contribution in [-0.4, -0.2) is 57.9 Å². The lowest BCUT2D eigenvalue weighted by atomic mass is 10.2. The number of carbonyl (C=O) groups excluding carboxylic acids is 1. The summed E-state index contributed by atoms with van der Waals surface area (Å²) in [6.45, 7) is 2.45. The molecule has 1 aromatic heterocycles. The van der Waals surface area contributed by atoms with Gasteiger partial charge in [-0.3, -0.25) is 9.89 Å². The standard InChI is InChI=1S/C10H13N3O4/c1-6-7(4-11-12-6)9(14)13-2-3-17-8(5-13)10(15)16/h4,8H,2-3,5H2,1H3,(H,11,12)(H,15,16). The predicted octanol–water partition coefficient (Wildman–Crippen LogP) is -0.356. The summed E-state index contributed by atoms with van der Waals surface area (Å²) in [6.07, 6.45) is 0.503. The molecule has 1 aliphatic heterocycles. The molecule has 2 rings (SSSR count). The van der Waals surface area contributed by atoms with Crippen LogP contribution in [0.15, 0.2) is 6.20 Å². The zero-order valence-electron chi connectivity index (χ0n) is 9.34. The number of H-pyrrole nitrogens is 1. The van der Waals surface area contributed by atoms with E-state index in [1.165, 1.54) is 11.1 Å². The Morgan fingerprint density at radius 3 is 3.00 bits per heavy atom. The van der Waals surface area contributed by atoms with Crippen LogP contribution in [-0.2, 0) is 9.53 Å². The van der Waals surface area contributed by atoms with Crippen LogP contribution in [0.1, 0.15) is 16.1 Å². The number of nitrogens with zero attached hydrogens (tertiary/aromatic N) is 2. The molecule has 1 amide bonds. The number of hydrogen-bond donors (Lipinski definition) is 2. The smallest absolute Gasteiger partial charge is 0.334 e. The number of amides is 1. The Kier molecular flexibility index (Phi) is 3.10. The van der Waals surface area contributed by atoms with Crippen molar-refractivity contribution < 1.29 is 19.4 Å².